The Morgan fingerprint density at radius 3 is 2.42 bits per heavy atom. The summed E-state index contributed by atoms with van der Waals surface area (Å²) in [6, 6.07) is 6.13. The Bertz CT molecular complexity index is 305. The van der Waals surface area contributed by atoms with Crippen LogP contribution in [0.2, 0.25) is 0 Å². The van der Waals surface area contributed by atoms with Crippen molar-refractivity contribution < 1.29 is 0 Å². The van der Waals surface area contributed by atoms with Crippen LogP contribution in [0, 0.1) is 19.3 Å². The Labute approximate surface area is 77.7 Å². The summed E-state index contributed by atoms with van der Waals surface area (Å²) < 4.78 is 0. The van der Waals surface area contributed by atoms with Gasteiger partial charge in [0.15, 0.2) is 0 Å². The molecular formula is C10H13NS. The van der Waals surface area contributed by atoms with Gasteiger partial charge >= 0.3 is 0 Å². The van der Waals surface area contributed by atoms with E-state index in [1.165, 1.54) is 22.9 Å². The van der Waals surface area contributed by atoms with Crippen LogP contribution >= 0.6 is 11.8 Å². The number of thioether (sulfide) groups is 1. The van der Waals surface area contributed by atoms with Gasteiger partial charge in [-0.3, -0.25) is 5.41 Å². The number of benzene rings is 1. The minimum absolute atomic E-state index is 0.637. The SMILES string of the molecule is CSC(=N)c1ccc(C)c(C)c1. The van der Waals surface area contributed by atoms with Crippen molar-refractivity contribution in [1.82, 2.24) is 0 Å². The summed E-state index contributed by atoms with van der Waals surface area (Å²) in [5.41, 5.74) is 3.56. The molecule has 0 heterocycles. The molecule has 0 aromatic heterocycles. The maximum Gasteiger partial charge on any atom is 0.0939 e. The molecule has 1 rings (SSSR count). The molecule has 0 saturated heterocycles. The van der Waals surface area contributed by atoms with E-state index < -0.39 is 0 Å². The van der Waals surface area contributed by atoms with Crippen LogP contribution in [0.25, 0.3) is 0 Å². The largest absolute Gasteiger partial charge is 0.293 e. The Morgan fingerprint density at radius 2 is 1.92 bits per heavy atom. The summed E-state index contributed by atoms with van der Waals surface area (Å²) >= 11 is 1.48. The van der Waals surface area contributed by atoms with Crippen molar-refractivity contribution >= 4 is 16.8 Å². The molecule has 0 amide bonds. The van der Waals surface area contributed by atoms with Crippen LogP contribution in [0.15, 0.2) is 18.2 Å². The number of aryl methyl sites for hydroxylation is 2. The van der Waals surface area contributed by atoms with Gasteiger partial charge in [0.2, 0.25) is 0 Å². The summed E-state index contributed by atoms with van der Waals surface area (Å²) in [4.78, 5) is 0. The van der Waals surface area contributed by atoms with Crippen molar-refractivity contribution in [3.8, 4) is 0 Å². The van der Waals surface area contributed by atoms with Crippen molar-refractivity contribution in [2.45, 2.75) is 13.8 Å². The molecule has 0 atom stereocenters. The third-order valence-electron chi connectivity index (χ3n) is 1.97. The third-order valence-corrected chi connectivity index (χ3v) is 2.62. The Balaban J connectivity index is 3.05. The van der Waals surface area contributed by atoms with Crippen molar-refractivity contribution in [1.29, 1.82) is 5.41 Å². The summed E-state index contributed by atoms with van der Waals surface area (Å²) in [6.07, 6.45) is 1.93. The molecule has 1 N–H and O–H groups in total. The number of hydrogen-bond acceptors (Lipinski definition) is 2. The highest BCUT2D eigenvalue weighted by Gasteiger charge is 2.00. The fourth-order valence-corrected chi connectivity index (χ4v) is 1.36. The smallest absolute Gasteiger partial charge is 0.0939 e. The second kappa shape index (κ2) is 3.76. The number of hydrogen-bond donors (Lipinski definition) is 1. The Hall–Kier alpha value is -0.760. The van der Waals surface area contributed by atoms with E-state index in [0.29, 0.717) is 5.04 Å². The normalized spacial score (nSPS) is 9.92. The molecule has 1 nitrogen and oxygen atoms in total. The summed E-state index contributed by atoms with van der Waals surface area (Å²) in [7, 11) is 0. The monoisotopic (exact) mass is 179 g/mol. The first-order chi connectivity index (χ1) is 5.65. The molecule has 1 aromatic rings. The van der Waals surface area contributed by atoms with E-state index in [1.807, 2.05) is 12.3 Å². The van der Waals surface area contributed by atoms with E-state index in [4.69, 9.17) is 5.41 Å². The molecule has 0 saturated carbocycles. The van der Waals surface area contributed by atoms with E-state index in [0.717, 1.165) is 5.56 Å². The summed E-state index contributed by atoms with van der Waals surface area (Å²) in [6.45, 7) is 4.16. The zero-order valence-corrected chi connectivity index (χ0v) is 8.46. The first kappa shape index (κ1) is 9.33. The van der Waals surface area contributed by atoms with Crippen LogP contribution in [0.3, 0.4) is 0 Å². The van der Waals surface area contributed by atoms with Gasteiger partial charge in [-0.25, -0.2) is 0 Å². The highest BCUT2D eigenvalue weighted by Crippen LogP contribution is 2.13. The molecular weight excluding hydrogens is 166 g/mol. The van der Waals surface area contributed by atoms with Crippen molar-refractivity contribution in [2.75, 3.05) is 6.26 Å². The summed E-state index contributed by atoms with van der Waals surface area (Å²) in [5, 5.41) is 8.25. The van der Waals surface area contributed by atoms with Crippen molar-refractivity contribution in [2.24, 2.45) is 0 Å². The zero-order chi connectivity index (χ0) is 9.14. The van der Waals surface area contributed by atoms with Gasteiger partial charge in [-0.1, -0.05) is 12.1 Å². The standard InChI is InChI=1S/C10H13NS/c1-7-4-5-9(6-8(7)2)10(11)12-3/h4-6,11H,1-3H3. The first-order valence-corrected chi connectivity index (χ1v) is 5.08. The van der Waals surface area contributed by atoms with Gasteiger partial charge in [0.05, 0.1) is 5.04 Å². The molecule has 64 valence electrons. The molecule has 0 aliphatic heterocycles. The van der Waals surface area contributed by atoms with E-state index in [9.17, 15) is 0 Å². The molecule has 0 fully saturated rings. The Morgan fingerprint density at radius 1 is 1.25 bits per heavy atom. The van der Waals surface area contributed by atoms with Crippen LogP contribution in [-0.4, -0.2) is 11.3 Å². The Kier molecular flexibility index (Phi) is 2.93. The predicted octanol–water partition coefficient (Wildman–Crippen LogP) is 2.99. The third kappa shape index (κ3) is 1.89. The van der Waals surface area contributed by atoms with Crippen LogP contribution < -0.4 is 0 Å². The minimum atomic E-state index is 0.637. The van der Waals surface area contributed by atoms with E-state index in [2.05, 4.69) is 26.0 Å². The molecule has 2 heteroatoms. The lowest BCUT2D eigenvalue weighted by Crippen LogP contribution is -1.93. The zero-order valence-electron chi connectivity index (χ0n) is 7.64. The second-order valence-electron chi connectivity index (χ2n) is 2.83. The highest BCUT2D eigenvalue weighted by molar-refractivity contribution is 8.13. The van der Waals surface area contributed by atoms with Gasteiger partial charge in [-0.15, -0.1) is 11.8 Å². The van der Waals surface area contributed by atoms with Gasteiger partial charge < -0.3 is 0 Å². The average molecular weight is 179 g/mol. The van der Waals surface area contributed by atoms with Crippen LogP contribution in [0.5, 0.6) is 0 Å². The number of rotatable bonds is 1. The van der Waals surface area contributed by atoms with Crippen LogP contribution in [0.4, 0.5) is 0 Å². The molecule has 1 aromatic carbocycles. The quantitative estimate of drug-likeness (QED) is 0.520. The van der Waals surface area contributed by atoms with Crippen molar-refractivity contribution in [3.05, 3.63) is 34.9 Å². The fourth-order valence-electron chi connectivity index (χ4n) is 1.00. The average Bonchev–Trinajstić information content (AvgIpc) is 2.08. The van der Waals surface area contributed by atoms with Crippen molar-refractivity contribution in [3.63, 3.8) is 0 Å². The van der Waals surface area contributed by atoms with Gasteiger partial charge in [-0.2, -0.15) is 0 Å². The molecule has 0 bridgehead atoms. The maximum atomic E-state index is 7.61. The first-order valence-electron chi connectivity index (χ1n) is 3.85. The van der Waals surface area contributed by atoms with Gasteiger partial charge in [0, 0.05) is 5.56 Å². The van der Waals surface area contributed by atoms with Gasteiger partial charge in [0.1, 0.15) is 0 Å². The molecule has 0 spiro atoms. The minimum Gasteiger partial charge on any atom is -0.293 e. The molecule has 12 heavy (non-hydrogen) atoms. The van der Waals surface area contributed by atoms with Crippen LogP contribution in [0.1, 0.15) is 16.7 Å². The lowest BCUT2D eigenvalue weighted by Gasteiger charge is -2.03. The van der Waals surface area contributed by atoms with E-state index in [1.54, 1.807) is 0 Å². The van der Waals surface area contributed by atoms with E-state index in [-0.39, 0.29) is 0 Å². The lowest BCUT2D eigenvalue weighted by atomic mass is 10.1. The molecule has 0 aliphatic rings. The predicted molar refractivity (Wildman–Crippen MR) is 56.3 cm³/mol. The summed E-state index contributed by atoms with van der Waals surface area (Å²) in [5.74, 6) is 0. The maximum absolute atomic E-state index is 7.61. The van der Waals surface area contributed by atoms with Crippen LogP contribution in [-0.2, 0) is 0 Å². The lowest BCUT2D eigenvalue weighted by molar-refractivity contribution is 1.33. The number of nitrogens with one attached hydrogen (secondary N) is 1. The van der Waals surface area contributed by atoms with Gasteiger partial charge in [-0.05, 0) is 37.3 Å². The fraction of sp³-hybridized carbons (Fsp3) is 0.300. The molecule has 0 aliphatic carbocycles. The van der Waals surface area contributed by atoms with Gasteiger partial charge in [0.25, 0.3) is 0 Å². The topological polar surface area (TPSA) is 23.9 Å². The molecule has 0 unspecified atom stereocenters. The molecule has 0 radical (unpaired) electrons. The van der Waals surface area contributed by atoms with E-state index >= 15 is 0 Å². The second-order valence-corrected chi connectivity index (χ2v) is 3.65. The highest BCUT2D eigenvalue weighted by atomic mass is 32.2.